The molecule has 0 unspecified atom stereocenters. The van der Waals surface area contributed by atoms with Gasteiger partial charge in [-0.25, -0.2) is 8.42 Å². The van der Waals surface area contributed by atoms with Gasteiger partial charge >= 0.3 is 0 Å². The summed E-state index contributed by atoms with van der Waals surface area (Å²) in [6.07, 6.45) is 2.53. The highest BCUT2D eigenvalue weighted by Crippen LogP contribution is 1.91. The van der Waals surface area contributed by atoms with Gasteiger partial charge in [-0.3, -0.25) is 5.73 Å². The molecular weight excluding hydrogens is 138 g/mol. The van der Waals surface area contributed by atoms with Gasteiger partial charge in [-0.2, -0.15) is 0 Å². The Bertz CT molecular complexity index is 150. The zero-order valence-corrected chi connectivity index (χ0v) is 6.37. The van der Waals surface area contributed by atoms with Crippen LogP contribution in [0.1, 0.15) is 12.8 Å². The molecule has 0 aromatic rings. The molecule has 0 aromatic heterocycles. The maximum absolute atomic E-state index is 10.4. The molecule has 0 aromatic carbocycles. The molecule has 0 aliphatic carbocycles. The van der Waals surface area contributed by atoms with E-state index < -0.39 is 9.84 Å². The molecule has 0 heterocycles. The molecule has 0 spiro atoms. The number of rotatable bonds is 4. The molecule has 0 aliphatic rings. The van der Waals surface area contributed by atoms with Gasteiger partial charge in [0.2, 0.25) is 0 Å². The molecule has 1 N–H and O–H groups in total. The number of unbranched alkanes of at least 4 members (excludes halogenated alkanes) is 1. The summed E-state index contributed by atoms with van der Waals surface area (Å²) in [6.45, 7) is 0.329. The van der Waals surface area contributed by atoms with Gasteiger partial charge in [0.1, 0.15) is 9.84 Å². The summed E-state index contributed by atoms with van der Waals surface area (Å²) in [5, 5.41) is 0. The summed E-state index contributed by atoms with van der Waals surface area (Å²) < 4.78 is 20.9. The predicted octanol–water partition coefficient (Wildman–Crippen LogP) is 0.0941. The van der Waals surface area contributed by atoms with E-state index in [1.54, 1.807) is 0 Å². The molecule has 0 saturated carbocycles. The average molecular weight is 150 g/mol. The van der Waals surface area contributed by atoms with E-state index in [0.29, 0.717) is 19.4 Å². The Morgan fingerprint density at radius 3 is 2.22 bits per heavy atom. The van der Waals surface area contributed by atoms with Crippen LogP contribution in [0.4, 0.5) is 0 Å². The fraction of sp³-hybridized carbons (Fsp3) is 1.00. The van der Waals surface area contributed by atoms with Crippen LogP contribution in [0.5, 0.6) is 0 Å². The molecule has 0 atom stereocenters. The summed E-state index contributed by atoms with van der Waals surface area (Å²) in [5.41, 5.74) is 6.72. The minimum absolute atomic E-state index is 0.228. The van der Waals surface area contributed by atoms with Gasteiger partial charge < -0.3 is 0 Å². The highest BCUT2D eigenvalue weighted by molar-refractivity contribution is 7.90. The standard InChI is InChI=1S/C5H12NO2S/c1-9(7,8)5-3-2-4-6/h6H,2-5H2,1H3. The van der Waals surface area contributed by atoms with Crippen molar-refractivity contribution in [2.75, 3.05) is 18.6 Å². The van der Waals surface area contributed by atoms with Gasteiger partial charge in [0.15, 0.2) is 0 Å². The van der Waals surface area contributed by atoms with Crippen LogP contribution < -0.4 is 5.73 Å². The van der Waals surface area contributed by atoms with Gasteiger partial charge in [0.25, 0.3) is 0 Å². The van der Waals surface area contributed by atoms with Gasteiger partial charge in [-0.05, 0) is 12.8 Å². The zero-order valence-electron chi connectivity index (χ0n) is 5.55. The molecule has 0 rings (SSSR count). The molecule has 0 fully saturated rings. The molecule has 55 valence electrons. The van der Waals surface area contributed by atoms with Crippen LogP contribution in [0.15, 0.2) is 0 Å². The summed E-state index contributed by atoms with van der Waals surface area (Å²) in [6, 6.07) is 0. The third kappa shape index (κ3) is 7.91. The lowest BCUT2D eigenvalue weighted by molar-refractivity contribution is 0.597. The first-order valence-corrected chi connectivity index (χ1v) is 4.94. The Morgan fingerprint density at radius 2 is 1.89 bits per heavy atom. The first-order valence-electron chi connectivity index (χ1n) is 2.88. The molecular formula is C5H12NO2S. The highest BCUT2D eigenvalue weighted by atomic mass is 32.2. The van der Waals surface area contributed by atoms with Crippen LogP contribution in [0.3, 0.4) is 0 Å². The molecule has 1 radical (unpaired) electrons. The van der Waals surface area contributed by atoms with Crippen LogP contribution in [0.25, 0.3) is 0 Å². The topological polar surface area (TPSA) is 57.9 Å². The normalized spacial score (nSPS) is 11.8. The predicted molar refractivity (Wildman–Crippen MR) is 36.9 cm³/mol. The van der Waals surface area contributed by atoms with Crippen LogP contribution >= 0.6 is 0 Å². The summed E-state index contributed by atoms with van der Waals surface area (Å²) >= 11 is 0. The fourth-order valence-corrected chi connectivity index (χ4v) is 1.22. The molecule has 0 amide bonds. The molecule has 0 saturated heterocycles. The lowest BCUT2D eigenvalue weighted by atomic mass is 10.3. The molecule has 0 bridgehead atoms. The summed E-state index contributed by atoms with van der Waals surface area (Å²) in [5.74, 6) is 0.228. The van der Waals surface area contributed by atoms with Gasteiger partial charge in [-0.1, -0.05) is 0 Å². The molecule has 4 heteroatoms. The van der Waals surface area contributed by atoms with Gasteiger partial charge in [0, 0.05) is 18.6 Å². The van der Waals surface area contributed by atoms with Crippen LogP contribution in [-0.4, -0.2) is 27.0 Å². The average Bonchev–Trinajstić information content (AvgIpc) is 1.63. The fourth-order valence-electron chi connectivity index (χ4n) is 0.489. The lowest BCUT2D eigenvalue weighted by Crippen LogP contribution is -2.03. The monoisotopic (exact) mass is 150 g/mol. The van der Waals surface area contributed by atoms with E-state index in [1.807, 2.05) is 0 Å². The number of hydrogen-bond donors (Lipinski definition) is 0. The van der Waals surface area contributed by atoms with Crippen LogP contribution in [0, 0.1) is 0 Å². The third-order valence-corrected chi connectivity index (χ3v) is 1.97. The van der Waals surface area contributed by atoms with Crippen molar-refractivity contribution in [1.82, 2.24) is 5.73 Å². The van der Waals surface area contributed by atoms with Gasteiger partial charge in [0.05, 0.1) is 0 Å². The molecule has 3 nitrogen and oxygen atoms in total. The first kappa shape index (κ1) is 8.91. The van der Waals surface area contributed by atoms with Gasteiger partial charge in [-0.15, -0.1) is 0 Å². The van der Waals surface area contributed by atoms with E-state index in [0.717, 1.165) is 0 Å². The SMILES string of the molecule is CS(=O)(=O)CCCC[NH]. The van der Waals surface area contributed by atoms with Crippen molar-refractivity contribution in [3.63, 3.8) is 0 Å². The number of sulfone groups is 1. The van der Waals surface area contributed by atoms with Crippen molar-refractivity contribution in [1.29, 1.82) is 0 Å². The second-order valence-corrected chi connectivity index (χ2v) is 4.35. The third-order valence-electron chi connectivity index (χ3n) is 0.942. The van der Waals surface area contributed by atoms with E-state index >= 15 is 0 Å². The zero-order chi connectivity index (χ0) is 7.33. The van der Waals surface area contributed by atoms with E-state index in [4.69, 9.17) is 5.73 Å². The lowest BCUT2D eigenvalue weighted by Gasteiger charge is -1.93. The van der Waals surface area contributed by atoms with Crippen molar-refractivity contribution in [2.24, 2.45) is 0 Å². The maximum Gasteiger partial charge on any atom is 0.147 e. The largest absolute Gasteiger partial charge is 0.258 e. The summed E-state index contributed by atoms with van der Waals surface area (Å²) in [7, 11) is -2.78. The molecule has 0 aliphatic heterocycles. The number of nitrogens with one attached hydrogen (secondary N) is 1. The van der Waals surface area contributed by atoms with Crippen molar-refractivity contribution >= 4 is 9.84 Å². The van der Waals surface area contributed by atoms with Crippen LogP contribution in [0.2, 0.25) is 0 Å². The minimum Gasteiger partial charge on any atom is -0.258 e. The van der Waals surface area contributed by atoms with Crippen LogP contribution in [-0.2, 0) is 9.84 Å². The summed E-state index contributed by atoms with van der Waals surface area (Å²) in [4.78, 5) is 0. The second kappa shape index (κ2) is 3.85. The first-order chi connectivity index (χ1) is 4.06. The Morgan fingerprint density at radius 1 is 1.33 bits per heavy atom. The number of hydrogen-bond acceptors (Lipinski definition) is 2. The second-order valence-electron chi connectivity index (χ2n) is 2.09. The van der Waals surface area contributed by atoms with E-state index in [9.17, 15) is 8.42 Å². The molecule has 9 heavy (non-hydrogen) atoms. The minimum atomic E-state index is -2.78. The Balaban J connectivity index is 3.30. The van der Waals surface area contributed by atoms with E-state index in [2.05, 4.69) is 0 Å². The Kier molecular flexibility index (Phi) is 3.81. The smallest absolute Gasteiger partial charge is 0.147 e. The van der Waals surface area contributed by atoms with Crippen molar-refractivity contribution in [3.8, 4) is 0 Å². The Labute approximate surface area is 56.2 Å². The van der Waals surface area contributed by atoms with Crippen molar-refractivity contribution in [3.05, 3.63) is 0 Å². The quantitative estimate of drug-likeness (QED) is 0.533. The maximum atomic E-state index is 10.4. The van der Waals surface area contributed by atoms with Crippen molar-refractivity contribution in [2.45, 2.75) is 12.8 Å². The van der Waals surface area contributed by atoms with Crippen molar-refractivity contribution < 1.29 is 8.42 Å². The van der Waals surface area contributed by atoms with E-state index in [1.165, 1.54) is 6.26 Å². The highest BCUT2D eigenvalue weighted by Gasteiger charge is 1.99. The Hall–Kier alpha value is -0.0900. The van der Waals surface area contributed by atoms with E-state index in [-0.39, 0.29) is 5.75 Å².